The molecule has 0 radical (unpaired) electrons. The van der Waals surface area contributed by atoms with Gasteiger partial charge in [0.05, 0.1) is 38.8 Å². The van der Waals surface area contributed by atoms with Gasteiger partial charge in [0.15, 0.2) is 0 Å². The molecule has 0 fully saturated rings. The summed E-state index contributed by atoms with van der Waals surface area (Å²) in [6.45, 7) is -0.0801. The number of anilines is 6. The number of aromatic nitrogens is 3. The van der Waals surface area contributed by atoms with Crippen LogP contribution in [0.3, 0.4) is 0 Å². The Morgan fingerprint density at radius 3 is 1.13 bits per heavy atom. The summed E-state index contributed by atoms with van der Waals surface area (Å²) in [5.74, 6) is 0. The van der Waals surface area contributed by atoms with Gasteiger partial charge in [0, 0.05) is 77.8 Å². The van der Waals surface area contributed by atoms with E-state index in [1.165, 1.54) is 82.1 Å². The molecule has 0 spiro atoms. The Morgan fingerprint density at radius 2 is 0.607 bits per heavy atom. The van der Waals surface area contributed by atoms with Crippen molar-refractivity contribution in [2.24, 2.45) is 0 Å². The lowest BCUT2D eigenvalue weighted by Crippen LogP contribution is -2.61. The van der Waals surface area contributed by atoms with Crippen LogP contribution in [0.1, 0.15) is 0 Å². The predicted molar refractivity (Wildman–Crippen MR) is 354 cm³/mol. The smallest absolute Gasteiger partial charge is 0.252 e. The van der Waals surface area contributed by atoms with Crippen LogP contribution in [0.4, 0.5) is 34.1 Å². The summed E-state index contributed by atoms with van der Waals surface area (Å²) in [6, 6.07) is 112. The van der Waals surface area contributed by atoms with E-state index in [-0.39, 0.29) is 6.71 Å². The summed E-state index contributed by atoms with van der Waals surface area (Å²) in [5, 5.41) is 7.25. The number of fused-ring (bicyclic) bond motifs is 16. The van der Waals surface area contributed by atoms with E-state index in [0.717, 1.165) is 73.1 Å². The molecule has 0 N–H and O–H groups in total. The lowest BCUT2D eigenvalue weighted by atomic mass is 9.33. The molecule has 13 aromatic carbocycles. The number of hydrogen-bond acceptors (Lipinski definition) is 2. The highest BCUT2D eigenvalue weighted by Gasteiger charge is 2.44. The van der Waals surface area contributed by atoms with Gasteiger partial charge in [0.2, 0.25) is 0 Å². The van der Waals surface area contributed by atoms with Gasteiger partial charge in [0.1, 0.15) is 0 Å². The highest BCUT2D eigenvalue weighted by atomic mass is 15.2. The molecular weight excluding hydrogens is 1020 g/mol. The second-order valence-corrected chi connectivity index (χ2v) is 22.4. The lowest BCUT2D eigenvalue weighted by molar-refractivity contribution is 1.16. The Labute approximate surface area is 486 Å². The molecule has 0 saturated heterocycles. The number of benzene rings is 13. The van der Waals surface area contributed by atoms with Crippen molar-refractivity contribution in [3.63, 3.8) is 0 Å². The molecule has 3 aromatic heterocycles. The van der Waals surface area contributed by atoms with Crippen molar-refractivity contribution >= 4 is 123 Å². The third-order valence-electron chi connectivity index (χ3n) is 17.9. The molecule has 84 heavy (non-hydrogen) atoms. The fraction of sp³-hybridized carbons (Fsp3) is 0. The van der Waals surface area contributed by atoms with Crippen LogP contribution < -0.4 is 26.2 Å². The summed E-state index contributed by atoms with van der Waals surface area (Å²) in [4.78, 5) is 5.12. The number of hydrogen-bond donors (Lipinski definition) is 0. The molecule has 0 bridgehead atoms. The minimum absolute atomic E-state index is 0.0801. The molecule has 16 aromatic rings. The Hall–Kier alpha value is -11.1. The standard InChI is InChI=1S/C78H50BN5/c1-6-25-51(26-7-1)53-29-24-36-58(47-53)81-69-48-54(52-27-8-2-9-28-52)45-46-64(69)79-63-40-19-23-44-68(63)80(55-30-10-3-11-31-55)70-49-59(50-71(81)75(70)79)84-67-43-22-18-39-62(67)74-77-72(60-37-16-20-41-65(60)82(77)56-32-12-4-13-33-56)76-73(78(74)84)61-38-17-21-42-66(61)83(76)57-34-14-5-15-35-57/h1-50H. The van der Waals surface area contributed by atoms with E-state index in [1.54, 1.807) is 0 Å². The molecule has 18 rings (SSSR count). The fourth-order valence-electron chi connectivity index (χ4n) is 14.6. The predicted octanol–water partition coefficient (Wildman–Crippen LogP) is 18.4. The quantitative estimate of drug-likeness (QED) is 0.148. The zero-order valence-electron chi connectivity index (χ0n) is 45.7. The summed E-state index contributed by atoms with van der Waals surface area (Å²) in [7, 11) is 0. The molecule has 2 aliphatic rings. The third-order valence-corrected chi connectivity index (χ3v) is 17.9. The first-order chi connectivity index (χ1) is 41.7. The van der Waals surface area contributed by atoms with Crippen LogP contribution >= 0.6 is 0 Å². The molecule has 0 saturated carbocycles. The van der Waals surface area contributed by atoms with Crippen LogP contribution in [0.15, 0.2) is 303 Å². The molecule has 390 valence electrons. The second kappa shape index (κ2) is 18.2. The second-order valence-electron chi connectivity index (χ2n) is 22.4. The molecule has 0 aliphatic carbocycles. The van der Waals surface area contributed by atoms with E-state index in [2.05, 4.69) is 327 Å². The molecule has 6 heteroatoms. The van der Waals surface area contributed by atoms with Crippen LogP contribution in [0.5, 0.6) is 0 Å². The van der Waals surface area contributed by atoms with Crippen LogP contribution in [-0.4, -0.2) is 20.4 Å². The average molecular weight is 1070 g/mol. The minimum Gasteiger partial charge on any atom is -0.311 e. The molecular formula is C78H50BN5. The van der Waals surface area contributed by atoms with Gasteiger partial charge in [-0.1, -0.05) is 212 Å². The Balaban J connectivity index is 1.05. The van der Waals surface area contributed by atoms with E-state index in [4.69, 9.17) is 0 Å². The van der Waals surface area contributed by atoms with E-state index < -0.39 is 0 Å². The maximum Gasteiger partial charge on any atom is 0.252 e. The zero-order valence-corrected chi connectivity index (χ0v) is 45.7. The maximum atomic E-state index is 2.63. The van der Waals surface area contributed by atoms with Crippen LogP contribution in [0.25, 0.3) is 105 Å². The maximum absolute atomic E-state index is 2.63. The van der Waals surface area contributed by atoms with E-state index in [1.807, 2.05) is 0 Å². The normalized spacial score (nSPS) is 12.7. The van der Waals surface area contributed by atoms with Gasteiger partial charge < -0.3 is 23.5 Å². The van der Waals surface area contributed by atoms with Crippen molar-refractivity contribution in [2.45, 2.75) is 0 Å². The number of rotatable bonds is 7. The minimum atomic E-state index is -0.0801. The topological polar surface area (TPSA) is 21.3 Å². The van der Waals surface area contributed by atoms with Crippen molar-refractivity contribution in [2.75, 3.05) is 9.80 Å². The first kappa shape index (κ1) is 46.7. The first-order valence-corrected chi connectivity index (χ1v) is 29.0. The Kier molecular flexibility index (Phi) is 10.1. The van der Waals surface area contributed by atoms with Gasteiger partial charge in [-0.15, -0.1) is 0 Å². The number of para-hydroxylation sites is 7. The third kappa shape index (κ3) is 6.68. The monoisotopic (exact) mass is 1070 g/mol. The molecule has 0 atom stereocenters. The lowest BCUT2D eigenvalue weighted by Gasteiger charge is -2.44. The Bertz CT molecular complexity index is 5250. The van der Waals surface area contributed by atoms with E-state index >= 15 is 0 Å². The largest absolute Gasteiger partial charge is 0.311 e. The molecule has 5 nitrogen and oxygen atoms in total. The van der Waals surface area contributed by atoms with Crippen molar-refractivity contribution in [1.29, 1.82) is 0 Å². The summed E-state index contributed by atoms with van der Waals surface area (Å²) in [6.07, 6.45) is 0. The number of nitrogens with zero attached hydrogens (tertiary/aromatic N) is 5. The van der Waals surface area contributed by atoms with Gasteiger partial charge in [-0.25, -0.2) is 0 Å². The summed E-state index contributed by atoms with van der Waals surface area (Å²) >= 11 is 0. The van der Waals surface area contributed by atoms with Gasteiger partial charge >= 0.3 is 0 Å². The SMILES string of the molecule is c1ccc(-c2cccc(N3c4cc(-c5ccccc5)ccc4B4c5ccccc5N(c5ccccc5)c5cc(-n6c7ccccc7c7c8c(c9ccccc9n8-c8ccccc8)c8c(c9ccccc9n8-c8ccccc8)c76)cc3c54)c2)cc1. The van der Waals surface area contributed by atoms with E-state index in [9.17, 15) is 0 Å². The van der Waals surface area contributed by atoms with Gasteiger partial charge in [-0.2, -0.15) is 0 Å². The van der Waals surface area contributed by atoms with E-state index in [0.29, 0.717) is 0 Å². The average Bonchev–Trinajstić information content (AvgIpc) is 1.58. The van der Waals surface area contributed by atoms with Crippen LogP contribution in [0, 0.1) is 0 Å². The van der Waals surface area contributed by atoms with Gasteiger partial charge in [-0.3, -0.25) is 0 Å². The van der Waals surface area contributed by atoms with Gasteiger partial charge in [0.25, 0.3) is 6.71 Å². The van der Waals surface area contributed by atoms with Crippen LogP contribution in [-0.2, 0) is 0 Å². The van der Waals surface area contributed by atoms with Crippen LogP contribution in [0.2, 0.25) is 0 Å². The zero-order chi connectivity index (χ0) is 55.0. The summed E-state index contributed by atoms with van der Waals surface area (Å²) in [5.41, 5.74) is 25.6. The molecule has 2 aliphatic heterocycles. The fourth-order valence-corrected chi connectivity index (χ4v) is 14.6. The highest BCUT2D eigenvalue weighted by molar-refractivity contribution is 7.00. The highest BCUT2D eigenvalue weighted by Crippen LogP contribution is 2.52. The Morgan fingerprint density at radius 1 is 0.226 bits per heavy atom. The van der Waals surface area contributed by atoms with Crippen molar-refractivity contribution in [3.8, 4) is 39.3 Å². The summed E-state index contributed by atoms with van der Waals surface area (Å²) < 4.78 is 7.70. The molecule has 0 amide bonds. The van der Waals surface area contributed by atoms with Crippen molar-refractivity contribution in [1.82, 2.24) is 13.7 Å². The van der Waals surface area contributed by atoms with Crippen molar-refractivity contribution in [3.05, 3.63) is 303 Å². The molecule has 5 heterocycles. The molecule has 0 unspecified atom stereocenters. The van der Waals surface area contributed by atoms with Gasteiger partial charge in [-0.05, 0) is 130 Å². The van der Waals surface area contributed by atoms with Crippen molar-refractivity contribution < 1.29 is 0 Å². The first-order valence-electron chi connectivity index (χ1n) is 29.0.